The number of benzene rings is 2. The molecule has 2 heterocycles. The highest BCUT2D eigenvalue weighted by atomic mass is 14.7. The summed E-state index contributed by atoms with van der Waals surface area (Å²) in [4.78, 5) is 9.96. The molecule has 0 N–H and O–H groups in total. The van der Waals surface area contributed by atoms with E-state index in [1.165, 1.54) is 69.8 Å². The van der Waals surface area contributed by atoms with Crippen molar-refractivity contribution in [3.63, 3.8) is 0 Å². The Kier molecular flexibility index (Phi) is 3.62. The van der Waals surface area contributed by atoms with Gasteiger partial charge in [0.05, 0.1) is 11.2 Å². The number of hydrogen-bond acceptors (Lipinski definition) is 2. The van der Waals surface area contributed by atoms with E-state index in [9.17, 15) is 0 Å². The summed E-state index contributed by atoms with van der Waals surface area (Å²) in [6.45, 7) is 4.59. The highest BCUT2D eigenvalue weighted by Crippen LogP contribution is 2.55. The largest absolute Gasteiger partial charge is 0.264 e. The zero-order valence-corrected chi connectivity index (χ0v) is 17.2. The molecule has 0 bridgehead atoms. The van der Waals surface area contributed by atoms with Gasteiger partial charge in [0.25, 0.3) is 0 Å². The lowest BCUT2D eigenvalue weighted by Gasteiger charge is -2.37. The normalized spacial score (nSPS) is 16.8. The number of rotatable bonds is 2. The van der Waals surface area contributed by atoms with E-state index in [1.54, 1.807) is 0 Å². The van der Waals surface area contributed by atoms with Gasteiger partial charge in [-0.15, -0.1) is 0 Å². The summed E-state index contributed by atoms with van der Waals surface area (Å²) in [6, 6.07) is 15.7. The summed E-state index contributed by atoms with van der Waals surface area (Å²) in [5, 5.41) is 3.96. The van der Waals surface area contributed by atoms with Gasteiger partial charge in [-0.2, -0.15) is 0 Å². The molecule has 6 rings (SSSR count). The maximum Gasteiger partial charge on any atom is 0.0757 e. The second-order valence-corrected chi connectivity index (χ2v) is 9.35. The van der Waals surface area contributed by atoms with Crippen LogP contribution in [0.2, 0.25) is 0 Å². The topological polar surface area (TPSA) is 25.8 Å². The van der Waals surface area contributed by atoms with Crippen LogP contribution in [0.4, 0.5) is 0 Å². The van der Waals surface area contributed by atoms with E-state index in [0.29, 0.717) is 5.92 Å². The van der Waals surface area contributed by atoms with Crippen molar-refractivity contribution in [1.29, 1.82) is 0 Å². The van der Waals surface area contributed by atoms with E-state index < -0.39 is 0 Å². The molecule has 2 aliphatic rings. The van der Waals surface area contributed by atoms with Crippen molar-refractivity contribution in [2.24, 2.45) is 5.92 Å². The number of nitrogens with zero attached hydrogens (tertiary/aromatic N) is 2. The van der Waals surface area contributed by atoms with Crippen molar-refractivity contribution in [3.8, 4) is 11.3 Å². The van der Waals surface area contributed by atoms with Crippen LogP contribution in [0.1, 0.15) is 56.2 Å². The standard InChI is InChI=1S/C27H26N2/c1-17(2)13-18-7-6-10-24-21(18)14-22-26(29-24)20-9-5-8-19-15-28-16-23(25(19)20)27(22)11-3-4-12-27/h5-10,14-17H,3-4,11-13H2,1-2H3. The number of fused-ring (bicyclic) bond motifs is 5. The number of aromatic nitrogens is 2. The van der Waals surface area contributed by atoms with Crippen LogP contribution < -0.4 is 0 Å². The van der Waals surface area contributed by atoms with Crippen molar-refractivity contribution < 1.29 is 0 Å². The highest BCUT2D eigenvalue weighted by Gasteiger charge is 2.44. The summed E-state index contributed by atoms with van der Waals surface area (Å²) in [5.74, 6) is 0.635. The van der Waals surface area contributed by atoms with Crippen LogP contribution in [-0.2, 0) is 11.8 Å². The lowest BCUT2D eigenvalue weighted by Crippen LogP contribution is -2.28. The molecule has 2 aromatic carbocycles. The predicted octanol–water partition coefficient (Wildman–Crippen LogP) is 6.82. The van der Waals surface area contributed by atoms with E-state index in [4.69, 9.17) is 4.98 Å². The Labute approximate surface area is 172 Å². The van der Waals surface area contributed by atoms with E-state index in [1.807, 2.05) is 6.20 Å². The lowest BCUT2D eigenvalue weighted by molar-refractivity contribution is 0.535. The van der Waals surface area contributed by atoms with Gasteiger partial charge in [-0.25, -0.2) is 4.98 Å². The van der Waals surface area contributed by atoms with Crippen LogP contribution >= 0.6 is 0 Å². The fraction of sp³-hybridized carbons (Fsp3) is 0.333. The maximum atomic E-state index is 5.31. The molecule has 0 saturated heterocycles. The van der Waals surface area contributed by atoms with Crippen molar-refractivity contribution >= 4 is 21.7 Å². The number of pyridine rings is 2. The van der Waals surface area contributed by atoms with Crippen LogP contribution in [-0.4, -0.2) is 9.97 Å². The summed E-state index contributed by atoms with van der Waals surface area (Å²) < 4.78 is 0. The third-order valence-electron chi connectivity index (χ3n) is 7.10. The smallest absolute Gasteiger partial charge is 0.0757 e. The van der Waals surface area contributed by atoms with Gasteiger partial charge in [-0.3, -0.25) is 4.98 Å². The molecule has 1 fully saturated rings. The molecule has 0 aliphatic heterocycles. The molecule has 29 heavy (non-hydrogen) atoms. The summed E-state index contributed by atoms with van der Waals surface area (Å²) in [6.07, 6.45) is 10.2. The molecular formula is C27H26N2. The average Bonchev–Trinajstić information content (AvgIpc) is 3.21. The summed E-state index contributed by atoms with van der Waals surface area (Å²) in [5.41, 5.74) is 7.97. The van der Waals surface area contributed by atoms with E-state index >= 15 is 0 Å². The third kappa shape index (κ3) is 2.35. The van der Waals surface area contributed by atoms with Crippen LogP contribution in [0, 0.1) is 5.92 Å². The molecule has 0 radical (unpaired) electrons. The average molecular weight is 379 g/mol. The molecule has 2 aliphatic carbocycles. The molecule has 0 amide bonds. The van der Waals surface area contributed by atoms with E-state index in [-0.39, 0.29) is 5.41 Å². The minimum absolute atomic E-state index is 0.0718. The zero-order valence-electron chi connectivity index (χ0n) is 17.2. The summed E-state index contributed by atoms with van der Waals surface area (Å²) in [7, 11) is 0. The Morgan fingerprint density at radius 2 is 1.79 bits per heavy atom. The van der Waals surface area contributed by atoms with Crippen LogP contribution in [0.15, 0.2) is 54.9 Å². The van der Waals surface area contributed by atoms with Gasteiger partial charge in [0.1, 0.15) is 0 Å². The van der Waals surface area contributed by atoms with Crippen LogP contribution in [0.5, 0.6) is 0 Å². The van der Waals surface area contributed by atoms with Crippen molar-refractivity contribution in [3.05, 3.63) is 71.5 Å². The molecule has 0 unspecified atom stereocenters. The summed E-state index contributed by atoms with van der Waals surface area (Å²) >= 11 is 0. The Balaban J connectivity index is 1.74. The van der Waals surface area contributed by atoms with Gasteiger partial charge in [0.2, 0.25) is 0 Å². The van der Waals surface area contributed by atoms with Gasteiger partial charge in [-0.05, 0) is 59.4 Å². The van der Waals surface area contributed by atoms with Gasteiger partial charge in [0.15, 0.2) is 0 Å². The van der Waals surface area contributed by atoms with Crippen LogP contribution in [0.25, 0.3) is 32.9 Å². The highest BCUT2D eigenvalue weighted by molar-refractivity contribution is 6.03. The second-order valence-electron chi connectivity index (χ2n) is 9.35. The first-order chi connectivity index (χ1) is 14.2. The molecule has 4 aromatic rings. The van der Waals surface area contributed by atoms with Crippen molar-refractivity contribution in [1.82, 2.24) is 9.97 Å². The van der Waals surface area contributed by atoms with Crippen LogP contribution in [0.3, 0.4) is 0 Å². The Bertz CT molecular complexity index is 1260. The quantitative estimate of drug-likeness (QED) is 0.382. The maximum absolute atomic E-state index is 5.31. The Morgan fingerprint density at radius 1 is 0.966 bits per heavy atom. The van der Waals surface area contributed by atoms with Gasteiger partial charge < -0.3 is 0 Å². The predicted molar refractivity (Wildman–Crippen MR) is 120 cm³/mol. The van der Waals surface area contributed by atoms with E-state index in [2.05, 4.69) is 67.5 Å². The molecule has 2 nitrogen and oxygen atoms in total. The molecule has 0 atom stereocenters. The third-order valence-corrected chi connectivity index (χ3v) is 7.10. The minimum atomic E-state index is 0.0718. The van der Waals surface area contributed by atoms with Gasteiger partial charge in [0, 0.05) is 34.1 Å². The molecular weight excluding hydrogens is 352 g/mol. The van der Waals surface area contributed by atoms with Crippen molar-refractivity contribution in [2.45, 2.75) is 51.4 Å². The Hall–Kier alpha value is -2.74. The molecule has 1 saturated carbocycles. The van der Waals surface area contributed by atoms with Crippen molar-refractivity contribution in [2.75, 3.05) is 0 Å². The Morgan fingerprint density at radius 3 is 2.62 bits per heavy atom. The first-order valence-electron chi connectivity index (χ1n) is 11.0. The first-order valence-corrected chi connectivity index (χ1v) is 11.0. The molecule has 2 aromatic heterocycles. The first kappa shape index (κ1) is 17.1. The fourth-order valence-electron chi connectivity index (χ4n) is 5.90. The van der Waals surface area contributed by atoms with Gasteiger partial charge in [-0.1, -0.05) is 57.0 Å². The number of hydrogen-bond donors (Lipinski definition) is 0. The van der Waals surface area contributed by atoms with Gasteiger partial charge >= 0.3 is 0 Å². The fourth-order valence-corrected chi connectivity index (χ4v) is 5.90. The minimum Gasteiger partial charge on any atom is -0.264 e. The molecule has 1 spiro atoms. The molecule has 144 valence electrons. The monoisotopic (exact) mass is 378 g/mol. The second kappa shape index (κ2) is 6.13. The van der Waals surface area contributed by atoms with E-state index in [0.717, 1.165) is 11.9 Å². The zero-order chi connectivity index (χ0) is 19.6. The molecule has 2 heteroatoms. The lowest BCUT2D eigenvalue weighted by atomic mass is 9.67. The SMILES string of the molecule is CC(C)Cc1cccc2nc3c(cc12)C1(CCCC1)c1cncc2cccc-3c12.